The minimum absolute atomic E-state index is 0.131. The summed E-state index contributed by atoms with van der Waals surface area (Å²) in [7, 11) is 0. The summed E-state index contributed by atoms with van der Waals surface area (Å²) >= 11 is 0. The van der Waals surface area contributed by atoms with Gasteiger partial charge in [0.25, 0.3) is 0 Å². The quantitative estimate of drug-likeness (QED) is 0.642. The van der Waals surface area contributed by atoms with Gasteiger partial charge in [-0.15, -0.1) is 0 Å². The van der Waals surface area contributed by atoms with Gasteiger partial charge in [-0.2, -0.15) is 0 Å². The van der Waals surface area contributed by atoms with Crippen molar-refractivity contribution in [1.29, 1.82) is 0 Å². The summed E-state index contributed by atoms with van der Waals surface area (Å²) in [6, 6.07) is 1.66. The van der Waals surface area contributed by atoms with E-state index in [4.69, 9.17) is 5.73 Å². The first kappa shape index (κ1) is 9.86. The molecule has 0 aliphatic rings. The molecule has 13 heavy (non-hydrogen) atoms. The number of rotatable bonds is 2. The summed E-state index contributed by atoms with van der Waals surface area (Å²) in [5.74, 6) is 0.301. The van der Waals surface area contributed by atoms with Gasteiger partial charge in [0.1, 0.15) is 11.5 Å². The molecule has 0 spiro atoms. The Bertz CT molecular complexity index is 321. The molecule has 3 nitrogen and oxygen atoms in total. The first-order valence-corrected chi connectivity index (χ1v) is 4.29. The zero-order valence-electron chi connectivity index (χ0n) is 7.96. The van der Waals surface area contributed by atoms with Crippen LogP contribution in [0.2, 0.25) is 0 Å². The van der Waals surface area contributed by atoms with Crippen LogP contribution in [0, 0.1) is 13.8 Å². The number of phenolic OH excluding ortho intramolecular Hbond substituents is 2. The maximum absolute atomic E-state index is 9.59. The third kappa shape index (κ3) is 1.75. The average Bonchev–Trinajstić information content (AvgIpc) is 2.11. The van der Waals surface area contributed by atoms with E-state index in [0.29, 0.717) is 18.5 Å². The highest BCUT2D eigenvalue weighted by Gasteiger charge is 2.09. The number of phenols is 2. The summed E-state index contributed by atoms with van der Waals surface area (Å²) < 4.78 is 0. The third-order valence-corrected chi connectivity index (χ3v) is 2.30. The van der Waals surface area contributed by atoms with Crippen LogP contribution in [0.15, 0.2) is 6.07 Å². The number of benzene rings is 1. The Kier molecular flexibility index (Phi) is 2.78. The van der Waals surface area contributed by atoms with Gasteiger partial charge in [-0.05, 0) is 44.0 Å². The van der Waals surface area contributed by atoms with Gasteiger partial charge in [-0.25, -0.2) is 0 Å². The molecule has 1 aromatic rings. The lowest BCUT2D eigenvalue weighted by molar-refractivity contribution is 0.439. The van der Waals surface area contributed by atoms with Crippen molar-refractivity contribution in [3.05, 3.63) is 22.8 Å². The van der Waals surface area contributed by atoms with Crippen LogP contribution in [0.3, 0.4) is 0 Å². The lowest BCUT2D eigenvalue weighted by Crippen LogP contribution is -2.04. The Morgan fingerprint density at radius 2 is 1.85 bits per heavy atom. The van der Waals surface area contributed by atoms with E-state index < -0.39 is 0 Å². The highest BCUT2D eigenvalue weighted by atomic mass is 16.3. The topological polar surface area (TPSA) is 66.5 Å². The molecule has 0 amide bonds. The van der Waals surface area contributed by atoms with Gasteiger partial charge in [-0.1, -0.05) is 0 Å². The first-order chi connectivity index (χ1) is 6.07. The van der Waals surface area contributed by atoms with Crippen LogP contribution in [0.5, 0.6) is 11.5 Å². The molecule has 0 aromatic heterocycles. The van der Waals surface area contributed by atoms with Gasteiger partial charge in [0.2, 0.25) is 0 Å². The molecular weight excluding hydrogens is 166 g/mol. The minimum Gasteiger partial charge on any atom is -0.508 e. The van der Waals surface area contributed by atoms with Crippen molar-refractivity contribution in [2.45, 2.75) is 20.3 Å². The largest absolute Gasteiger partial charge is 0.508 e. The van der Waals surface area contributed by atoms with Crippen molar-refractivity contribution in [3.63, 3.8) is 0 Å². The Balaban J connectivity index is 3.24. The molecule has 0 saturated heterocycles. The summed E-state index contributed by atoms with van der Waals surface area (Å²) in [6.45, 7) is 4.03. The summed E-state index contributed by atoms with van der Waals surface area (Å²) in [5, 5.41) is 19.0. The SMILES string of the molecule is Cc1c(O)cc(CCN)c(C)c1O. The monoisotopic (exact) mass is 181 g/mol. The molecule has 0 unspecified atom stereocenters. The zero-order chi connectivity index (χ0) is 10.0. The van der Waals surface area contributed by atoms with Crippen LogP contribution in [0.1, 0.15) is 16.7 Å². The van der Waals surface area contributed by atoms with Gasteiger partial charge in [0, 0.05) is 5.56 Å². The fraction of sp³-hybridized carbons (Fsp3) is 0.400. The molecule has 0 bridgehead atoms. The smallest absolute Gasteiger partial charge is 0.125 e. The summed E-state index contributed by atoms with van der Waals surface area (Å²) in [5.41, 5.74) is 7.64. The molecule has 0 radical (unpaired) electrons. The Morgan fingerprint density at radius 1 is 1.23 bits per heavy atom. The lowest BCUT2D eigenvalue weighted by Gasteiger charge is -2.10. The fourth-order valence-electron chi connectivity index (χ4n) is 1.35. The van der Waals surface area contributed by atoms with Crippen molar-refractivity contribution >= 4 is 0 Å². The van der Waals surface area contributed by atoms with Crippen LogP contribution in [-0.4, -0.2) is 16.8 Å². The molecule has 72 valence electrons. The molecule has 0 aliphatic carbocycles. The number of aromatic hydroxyl groups is 2. The molecule has 0 heterocycles. The lowest BCUT2D eigenvalue weighted by atomic mass is 10.0. The highest BCUT2D eigenvalue weighted by molar-refractivity contribution is 5.51. The second kappa shape index (κ2) is 3.66. The van der Waals surface area contributed by atoms with Crippen LogP contribution in [0.4, 0.5) is 0 Å². The van der Waals surface area contributed by atoms with Crippen LogP contribution >= 0.6 is 0 Å². The third-order valence-electron chi connectivity index (χ3n) is 2.30. The van der Waals surface area contributed by atoms with Gasteiger partial charge < -0.3 is 15.9 Å². The van der Waals surface area contributed by atoms with E-state index in [1.54, 1.807) is 13.0 Å². The van der Waals surface area contributed by atoms with E-state index in [0.717, 1.165) is 11.1 Å². The second-order valence-electron chi connectivity index (χ2n) is 3.19. The Morgan fingerprint density at radius 3 is 2.38 bits per heavy atom. The molecular formula is C10H15NO2. The molecule has 0 aliphatic heterocycles. The van der Waals surface area contributed by atoms with Gasteiger partial charge in [0.05, 0.1) is 0 Å². The standard InChI is InChI=1S/C10H15NO2/c1-6-8(3-4-11)5-9(12)7(2)10(6)13/h5,12-13H,3-4,11H2,1-2H3. The van der Waals surface area contributed by atoms with Crippen molar-refractivity contribution in [3.8, 4) is 11.5 Å². The molecule has 0 atom stereocenters. The van der Waals surface area contributed by atoms with E-state index >= 15 is 0 Å². The predicted molar refractivity (Wildman–Crippen MR) is 52.0 cm³/mol. The molecule has 4 N–H and O–H groups in total. The van der Waals surface area contributed by atoms with E-state index in [9.17, 15) is 10.2 Å². The van der Waals surface area contributed by atoms with Crippen molar-refractivity contribution < 1.29 is 10.2 Å². The average molecular weight is 181 g/mol. The Hall–Kier alpha value is -1.22. The fourth-order valence-corrected chi connectivity index (χ4v) is 1.35. The minimum atomic E-state index is 0.131. The van der Waals surface area contributed by atoms with Crippen LogP contribution in [0.25, 0.3) is 0 Å². The molecule has 0 fully saturated rings. The number of hydrogen-bond donors (Lipinski definition) is 3. The van der Waals surface area contributed by atoms with Crippen molar-refractivity contribution in [2.75, 3.05) is 6.54 Å². The van der Waals surface area contributed by atoms with E-state index in [2.05, 4.69) is 0 Å². The van der Waals surface area contributed by atoms with E-state index in [-0.39, 0.29) is 11.5 Å². The summed E-state index contributed by atoms with van der Waals surface area (Å²) in [6.07, 6.45) is 0.674. The van der Waals surface area contributed by atoms with Gasteiger partial charge >= 0.3 is 0 Å². The number of hydrogen-bond acceptors (Lipinski definition) is 3. The van der Waals surface area contributed by atoms with Crippen LogP contribution in [-0.2, 0) is 6.42 Å². The summed E-state index contributed by atoms with van der Waals surface area (Å²) in [4.78, 5) is 0. The molecule has 0 saturated carbocycles. The zero-order valence-corrected chi connectivity index (χ0v) is 7.96. The van der Waals surface area contributed by atoms with E-state index in [1.165, 1.54) is 0 Å². The van der Waals surface area contributed by atoms with Crippen molar-refractivity contribution in [1.82, 2.24) is 0 Å². The first-order valence-electron chi connectivity index (χ1n) is 4.29. The van der Waals surface area contributed by atoms with Crippen LogP contribution < -0.4 is 5.73 Å². The maximum Gasteiger partial charge on any atom is 0.125 e. The van der Waals surface area contributed by atoms with Crippen molar-refractivity contribution in [2.24, 2.45) is 5.73 Å². The normalized spacial score (nSPS) is 10.4. The highest BCUT2D eigenvalue weighted by Crippen LogP contribution is 2.32. The predicted octanol–water partition coefficient (Wildman–Crippen LogP) is 1.22. The van der Waals surface area contributed by atoms with Gasteiger partial charge in [-0.3, -0.25) is 0 Å². The molecule has 3 heteroatoms. The van der Waals surface area contributed by atoms with Gasteiger partial charge in [0.15, 0.2) is 0 Å². The van der Waals surface area contributed by atoms with E-state index in [1.807, 2.05) is 6.92 Å². The molecule has 1 aromatic carbocycles. The molecule has 1 rings (SSSR count). The maximum atomic E-state index is 9.59. The Labute approximate surface area is 77.8 Å². The second-order valence-corrected chi connectivity index (χ2v) is 3.19. The number of nitrogens with two attached hydrogens (primary N) is 1.